The van der Waals surface area contributed by atoms with Gasteiger partial charge in [-0.3, -0.25) is 0 Å². The van der Waals surface area contributed by atoms with Crippen LogP contribution >= 0.6 is 0 Å². The molecule has 3 aromatic rings. The van der Waals surface area contributed by atoms with Gasteiger partial charge >= 0.3 is 0 Å². The van der Waals surface area contributed by atoms with Crippen molar-refractivity contribution in [3.63, 3.8) is 0 Å². The van der Waals surface area contributed by atoms with E-state index in [0.29, 0.717) is 0 Å². The molecule has 3 rings (SSSR count). The zero-order chi connectivity index (χ0) is 13.9. The molecule has 102 valence electrons. The summed E-state index contributed by atoms with van der Waals surface area (Å²) in [5.74, 6) is 1.66. The van der Waals surface area contributed by atoms with Crippen LogP contribution < -0.4 is 10.5 Å². The number of ether oxygens (including phenoxy) is 1. The predicted octanol–water partition coefficient (Wildman–Crippen LogP) is 3.68. The molecule has 3 nitrogen and oxygen atoms in total. The Balaban J connectivity index is 1.82. The summed E-state index contributed by atoms with van der Waals surface area (Å²) in [4.78, 5) is 0. The highest BCUT2D eigenvalue weighted by atomic mass is 16.5. The van der Waals surface area contributed by atoms with E-state index in [1.807, 2.05) is 54.6 Å². The first kappa shape index (κ1) is 12.8. The van der Waals surface area contributed by atoms with Gasteiger partial charge in [0.15, 0.2) is 0 Å². The molecular weight excluding hydrogens is 250 g/mol. The van der Waals surface area contributed by atoms with Gasteiger partial charge in [-0.2, -0.15) is 0 Å². The second-order valence-electron chi connectivity index (χ2n) is 4.85. The van der Waals surface area contributed by atoms with E-state index in [1.165, 1.54) is 0 Å². The Hall–Kier alpha value is -2.26. The van der Waals surface area contributed by atoms with Crippen LogP contribution in [0.5, 0.6) is 5.75 Å². The SMILES string of the molecule is COc1cccc(CC(N)c2cc3ccccc3o2)c1. The minimum Gasteiger partial charge on any atom is -0.497 e. The lowest BCUT2D eigenvalue weighted by Crippen LogP contribution is -2.12. The predicted molar refractivity (Wildman–Crippen MR) is 79.8 cm³/mol. The highest BCUT2D eigenvalue weighted by Crippen LogP contribution is 2.25. The zero-order valence-electron chi connectivity index (χ0n) is 11.4. The van der Waals surface area contributed by atoms with Crippen LogP contribution in [0.3, 0.4) is 0 Å². The Morgan fingerprint density at radius 3 is 2.75 bits per heavy atom. The zero-order valence-corrected chi connectivity index (χ0v) is 11.4. The van der Waals surface area contributed by atoms with E-state index in [-0.39, 0.29) is 6.04 Å². The maximum absolute atomic E-state index is 6.25. The van der Waals surface area contributed by atoms with Gasteiger partial charge in [0.05, 0.1) is 13.2 Å². The van der Waals surface area contributed by atoms with Gasteiger partial charge in [-0.1, -0.05) is 30.3 Å². The van der Waals surface area contributed by atoms with Crippen LogP contribution in [0.1, 0.15) is 17.4 Å². The molecule has 2 N–H and O–H groups in total. The Morgan fingerprint density at radius 2 is 1.95 bits per heavy atom. The van der Waals surface area contributed by atoms with Gasteiger partial charge in [0.2, 0.25) is 0 Å². The first-order chi connectivity index (χ1) is 9.76. The van der Waals surface area contributed by atoms with Gasteiger partial charge in [0.25, 0.3) is 0 Å². The van der Waals surface area contributed by atoms with Gasteiger partial charge in [-0.25, -0.2) is 0 Å². The summed E-state index contributed by atoms with van der Waals surface area (Å²) in [5.41, 5.74) is 8.26. The average molecular weight is 267 g/mol. The molecule has 1 unspecified atom stereocenters. The highest BCUT2D eigenvalue weighted by molar-refractivity contribution is 5.77. The largest absolute Gasteiger partial charge is 0.497 e. The molecule has 20 heavy (non-hydrogen) atoms. The fourth-order valence-electron chi connectivity index (χ4n) is 2.34. The summed E-state index contributed by atoms with van der Waals surface area (Å²) < 4.78 is 11.0. The molecule has 1 heterocycles. The van der Waals surface area contributed by atoms with Crippen molar-refractivity contribution >= 4 is 11.0 Å². The number of para-hydroxylation sites is 1. The summed E-state index contributed by atoms with van der Waals surface area (Å²) >= 11 is 0. The standard InChI is InChI=1S/C17H17NO2/c1-19-14-7-4-5-12(9-14)10-15(18)17-11-13-6-2-3-8-16(13)20-17/h2-9,11,15H,10,18H2,1H3. The van der Waals surface area contributed by atoms with Crippen LogP contribution in [-0.2, 0) is 6.42 Å². The Kier molecular flexibility index (Phi) is 3.44. The van der Waals surface area contributed by atoms with Crippen LogP contribution in [0.4, 0.5) is 0 Å². The Bertz CT molecular complexity index is 685. The van der Waals surface area contributed by atoms with Crippen molar-refractivity contribution in [1.29, 1.82) is 0 Å². The Morgan fingerprint density at radius 1 is 1.10 bits per heavy atom. The van der Waals surface area contributed by atoms with Crippen LogP contribution in [0.15, 0.2) is 59.0 Å². The molecule has 0 bridgehead atoms. The van der Waals surface area contributed by atoms with Crippen molar-refractivity contribution in [1.82, 2.24) is 0 Å². The van der Waals surface area contributed by atoms with Gasteiger partial charge in [-0.15, -0.1) is 0 Å². The molecule has 0 amide bonds. The van der Waals surface area contributed by atoms with E-state index in [0.717, 1.165) is 34.5 Å². The second kappa shape index (κ2) is 5.39. The smallest absolute Gasteiger partial charge is 0.134 e. The highest BCUT2D eigenvalue weighted by Gasteiger charge is 2.13. The summed E-state index contributed by atoms with van der Waals surface area (Å²) in [6, 6.07) is 17.7. The van der Waals surface area contributed by atoms with E-state index >= 15 is 0 Å². The molecule has 0 fully saturated rings. The molecule has 0 aliphatic carbocycles. The lowest BCUT2D eigenvalue weighted by atomic mass is 10.0. The van der Waals surface area contributed by atoms with Crippen LogP contribution in [0.2, 0.25) is 0 Å². The number of hydrogen-bond acceptors (Lipinski definition) is 3. The number of benzene rings is 2. The monoisotopic (exact) mass is 267 g/mol. The van der Waals surface area contributed by atoms with Gasteiger partial charge < -0.3 is 14.9 Å². The van der Waals surface area contributed by atoms with Crippen LogP contribution in [-0.4, -0.2) is 7.11 Å². The van der Waals surface area contributed by atoms with Crippen molar-refractivity contribution in [3.05, 3.63) is 65.9 Å². The minimum absolute atomic E-state index is 0.158. The van der Waals surface area contributed by atoms with Gasteiger partial charge in [0.1, 0.15) is 17.1 Å². The van der Waals surface area contributed by atoms with Crippen molar-refractivity contribution in [2.24, 2.45) is 5.73 Å². The van der Waals surface area contributed by atoms with Crippen molar-refractivity contribution in [2.45, 2.75) is 12.5 Å². The van der Waals surface area contributed by atoms with Gasteiger partial charge in [0, 0.05) is 5.39 Å². The molecule has 0 saturated heterocycles. The third-order valence-electron chi connectivity index (χ3n) is 3.40. The Labute approximate surface area is 118 Å². The molecule has 0 aliphatic rings. The molecule has 0 spiro atoms. The number of rotatable bonds is 4. The van der Waals surface area contributed by atoms with E-state index in [2.05, 4.69) is 0 Å². The molecule has 2 aromatic carbocycles. The summed E-state index contributed by atoms with van der Waals surface area (Å²) in [7, 11) is 1.66. The second-order valence-corrected chi connectivity index (χ2v) is 4.85. The molecule has 0 saturated carbocycles. The van der Waals surface area contributed by atoms with E-state index in [4.69, 9.17) is 14.9 Å². The lowest BCUT2D eigenvalue weighted by Gasteiger charge is -2.09. The number of methoxy groups -OCH3 is 1. The quantitative estimate of drug-likeness (QED) is 0.784. The maximum atomic E-state index is 6.25. The molecule has 1 atom stereocenters. The van der Waals surface area contributed by atoms with Crippen LogP contribution in [0.25, 0.3) is 11.0 Å². The van der Waals surface area contributed by atoms with Crippen molar-refractivity contribution in [3.8, 4) is 5.75 Å². The summed E-state index contributed by atoms with van der Waals surface area (Å²) in [6.07, 6.45) is 0.719. The lowest BCUT2D eigenvalue weighted by molar-refractivity contribution is 0.414. The third kappa shape index (κ3) is 2.53. The molecule has 0 aliphatic heterocycles. The van der Waals surface area contributed by atoms with E-state index < -0.39 is 0 Å². The van der Waals surface area contributed by atoms with Crippen molar-refractivity contribution in [2.75, 3.05) is 7.11 Å². The minimum atomic E-state index is -0.158. The van der Waals surface area contributed by atoms with E-state index in [1.54, 1.807) is 7.11 Å². The first-order valence-electron chi connectivity index (χ1n) is 6.63. The topological polar surface area (TPSA) is 48.4 Å². The van der Waals surface area contributed by atoms with E-state index in [9.17, 15) is 0 Å². The number of nitrogens with two attached hydrogens (primary N) is 1. The summed E-state index contributed by atoms with van der Waals surface area (Å²) in [6.45, 7) is 0. The maximum Gasteiger partial charge on any atom is 0.134 e. The number of fused-ring (bicyclic) bond motifs is 1. The van der Waals surface area contributed by atoms with Crippen molar-refractivity contribution < 1.29 is 9.15 Å². The number of hydrogen-bond donors (Lipinski definition) is 1. The van der Waals surface area contributed by atoms with Crippen LogP contribution in [0, 0.1) is 0 Å². The first-order valence-corrected chi connectivity index (χ1v) is 6.63. The third-order valence-corrected chi connectivity index (χ3v) is 3.40. The van der Waals surface area contributed by atoms with Gasteiger partial charge in [-0.05, 0) is 36.2 Å². The summed E-state index contributed by atoms with van der Waals surface area (Å²) in [5, 5.41) is 1.09. The fourth-order valence-corrected chi connectivity index (χ4v) is 2.34. The molecule has 0 radical (unpaired) electrons. The molecule has 3 heteroatoms. The number of furan rings is 1. The molecular formula is C17H17NO2. The fraction of sp³-hybridized carbons (Fsp3) is 0.176. The average Bonchev–Trinajstić information content (AvgIpc) is 2.91. The normalized spacial score (nSPS) is 12.5. The molecule has 1 aromatic heterocycles.